The maximum Gasteiger partial charge on any atom is 0.326 e. The molecule has 0 saturated carbocycles. The summed E-state index contributed by atoms with van der Waals surface area (Å²) in [6, 6.07) is 9.84. The highest BCUT2D eigenvalue weighted by atomic mass is 32.1. The van der Waals surface area contributed by atoms with Crippen LogP contribution in [-0.4, -0.2) is 28.0 Å². The number of fused-ring (bicyclic) bond motifs is 1. The molecular weight excluding hydrogens is 418 g/mol. The predicted octanol–water partition coefficient (Wildman–Crippen LogP) is 3.93. The van der Waals surface area contributed by atoms with E-state index >= 15 is 0 Å². The predicted molar refractivity (Wildman–Crippen MR) is 119 cm³/mol. The number of amides is 1. The molecule has 31 heavy (non-hydrogen) atoms. The van der Waals surface area contributed by atoms with Gasteiger partial charge in [0.25, 0.3) is 11.6 Å². The summed E-state index contributed by atoms with van der Waals surface area (Å²) in [4.78, 5) is 39.4. The molecule has 8 nitrogen and oxygen atoms in total. The van der Waals surface area contributed by atoms with E-state index in [2.05, 4.69) is 4.99 Å². The number of carbonyl (C=O) groups is 2. The molecule has 0 aliphatic rings. The van der Waals surface area contributed by atoms with Gasteiger partial charge in [-0.2, -0.15) is 4.99 Å². The molecule has 0 aliphatic heterocycles. The molecule has 0 saturated heterocycles. The Morgan fingerprint density at radius 1 is 1.23 bits per heavy atom. The summed E-state index contributed by atoms with van der Waals surface area (Å²) in [7, 11) is 0. The Balaban J connectivity index is 1.97. The number of nitro benzene ring substituents is 1. The van der Waals surface area contributed by atoms with Crippen LogP contribution < -0.4 is 4.80 Å². The van der Waals surface area contributed by atoms with Gasteiger partial charge < -0.3 is 9.30 Å². The lowest BCUT2D eigenvalue weighted by Gasteiger charge is -2.07. The molecule has 1 aromatic heterocycles. The third kappa shape index (κ3) is 5.32. The quantitative estimate of drug-likeness (QED) is 0.250. The SMILES string of the molecule is CCOC(=O)Cn1c(=NC(=O)/C=C\c2ccc([N+](=O)[O-])cc2)sc2cc(C)cc(C)c21. The summed E-state index contributed by atoms with van der Waals surface area (Å²) in [6.07, 6.45) is 2.83. The van der Waals surface area contributed by atoms with E-state index in [1.165, 1.54) is 35.6 Å². The molecule has 0 N–H and O–H groups in total. The van der Waals surface area contributed by atoms with Gasteiger partial charge in [-0.25, -0.2) is 0 Å². The summed E-state index contributed by atoms with van der Waals surface area (Å²) in [6.45, 7) is 5.89. The number of nitrogens with zero attached hydrogens (tertiary/aromatic N) is 3. The van der Waals surface area contributed by atoms with Crippen molar-refractivity contribution in [3.8, 4) is 0 Å². The van der Waals surface area contributed by atoms with E-state index in [0.717, 1.165) is 21.3 Å². The Kier molecular flexibility index (Phi) is 6.76. The van der Waals surface area contributed by atoms with Crippen LogP contribution in [0.2, 0.25) is 0 Å². The number of carbonyl (C=O) groups excluding carboxylic acids is 2. The zero-order chi connectivity index (χ0) is 22.5. The van der Waals surface area contributed by atoms with Gasteiger partial charge in [0.1, 0.15) is 6.54 Å². The highest BCUT2D eigenvalue weighted by molar-refractivity contribution is 7.16. The molecule has 3 rings (SSSR count). The first kappa shape index (κ1) is 22.1. The Labute approximate surface area is 182 Å². The molecule has 0 atom stereocenters. The van der Waals surface area contributed by atoms with E-state index in [-0.39, 0.29) is 18.8 Å². The van der Waals surface area contributed by atoms with E-state index in [4.69, 9.17) is 4.74 Å². The average molecular weight is 439 g/mol. The number of hydrogen-bond acceptors (Lipinski definition) is 6. The fourth-order valence-electron chi connectivity index (χ4n) is 3.17. The van der Waals surface area contributed by atoms with Crippen LogP contribution in [0, 0.1) is 24.0 Å². The van der Waals surface area contributed by atoms with Crippen LogP contribution in [0.4, 0.5) is 5.69 Å². The van der Waals surface area contributed by atoms with Crippen LogP contribution in [-0.2, 0) is 20.9 Å². The molecule has 160 valence electrons. The highest BCUT2D eigenvalue weighted by Crippen LogP contribution is 2.23. The van der Waals surface area contributed by atoms with Gasteiger partial charge in [-0.1, -0.05) is 17.4 Å². The molecule has 0 unspecified atom stereocenters. The monoisotopic (exact) mass is 439 g/mol. The smallest absolute Gasteiger partial charge is 0.326 e. The molecule has 9 heteroatoms. The van der Waals surface area contributed by atoms with Crippen molar-refractivity contribution in [2.24, 2.45) is 4.99 Å². The van der Waals surface area contributed by atoms with Crippen molar-refractivity contribution < 1.29 is 19.2 Å². The Morgan fingerprint density at radius 2 is 1.94 bits per heavy atom. The van der Waals surface area contributed by atoms with Crippen molar-refractivity contribution in [1.29, 1.82) is 0 Å². The van der Waals surface area contributed by atoms with Gasteiger partial charge in [0.05, 0.1) is 21.7 Å². The van der Waals surface area contributed by atoms with Crippen LogP contribution in [0.1, 0.15) is 23.6 Å². The Morgan fingerprint density at radius 3 is 2.58 bits per heavy atom. The van der Waals surface area contributed by atoms with Crippen LogP contribution in [0.25, 0.3) is 16.3 Å². The maximum atomic E-state index is 12.5. The third-order valence-electron chi connectivity index (χ3n) is 4.43. The molecule has 1 heterocycles. The van der Waals surface area contributed by atoms with E-state index < -0.39 is 16.8 Å². The molecule has 0 radical (unpaired) electrons. The van der Waals surface area contributed by atoms with E-state index in [0.29, 0.717) is 10.4 Å². The van der Waals surface area contributed by atoms with E-state index in [1.807, 2.05) is 26.0 Å². The molecule has 2 aromatic carbocycles. The van der Waals surface area contributed by atoms with Gasteiger partial charge in [-0.05, 0) is 61.7 Å². The van der Waals surface area contributed by atoms with Crippen molar-refractivity contribution in [2.45, 2.75) is 27.3 Å². The zero-order valence-electron chi connectivity index (χ0n) is 17.3. The molecule has 0 bridgehead atoms. The summed E-state index contributed by atoms with van der Waals surface area (Å²) in [5.41, 5.74) is 3.51. The number of rotatable bonds is 6. The average Bonchev–Trinajstić information content (AvgIpc) is 3.03. The number of aromatic nitrogens is 1. The number of benzene rings is 2. The standard InChI is InChI=1S/C22H21N3O5S/c1-4-30-20(27)13-24-21-15(3)11-14(2)12-18(21)31-22(24)23-19(26)10-7-16-5-8-17(9-6-16)25(28)29/h5-12H,4,13H2,1-3H3/b10-7-,23-22?. The summed E-state index contributed by atoms with van der Waals surface area (Å²) in [5.74, 6) is -0.908. The lowest BCUT2D eigenvalue weighted by molar-refractivity contribution is -0.384. The lowest BCUT2D eigenvalue weighted by Crippen LogP contribution is -2.23. The summed E-state index contributed by atoms with van der Waals surface area (Å²) >= 11 is 1.33. The van der Waals surface area contributed by atoms with Gasteiger partial charge in [0.2, 0.25) is 0 Å². The Bertz CT molecular complexity index is 1250. The van der Waals surface area contributed by atoms with Crippen molar-refractivity contribution in [1.82, 2.24) is 4.57 Å². The second-order valence-corrected chi connectivity index (χ2v) is 7.85. The second-order valence-electron chi connectivity index (χ2n) is 6.84. The number of esters is 1. The molecule has 0 fully saturated rings. The molecule has 1 amide bonds. The van der Waals surface area contributed by atoms with Crippen molar-refractivity contribution in [3.63, 3.8) is 0 Å². The third-order valence-corrected chi connectivity index (χ3v) is 5.46. The van der Waals surface area contributed by atoms with Crippen molar-refractivity contribution >= 4 is 45.2 Å². The number of aryl methyl sites for hydroxylation is 2. The topological polar surface area (TPSA) is 104 Å². The number of nitro groups is 1. The molecule has 3 aromatic rings. The van der Waals surface area contributed by atoms with Crippen molar-refractivity contribution in [3.05, 3.63) is 74.1 Å². The minimum atomic E-state index is -0.503. The summed E-state index contributed by atoms with van der Waals surface area (Å²) in [5, 5.41) is 10.7. The first-order valence-electron chi connectivity index (χ1n) is 9.56. The van der Waals surface area contributed by atoms with Crippen LogP contribution in [0.3, 0.4) is 0 Å². The number of thiazole rings is 1. The van der Waals surface area contributed by atoms with E-state index in [1.54, 1.807) is 23.6 Å². The van der Waals surface area contributed by atoms with Gasteiger partial charge in [-0.3, -0.25) is 19.7 Å². The minimum absolute atomic E-state index is 0.0240. The zero-order valence-corrected chi connectivity index (χ0v) is 18.1. The first-order chi connectivity index (χ1) is 14.8. The Hall–Kier alpha value is -3.59. The van der Waals surface area contributed by atoms with Crippen LogP contribution >= 0.6 is 11.3 Å². The highest BCUT2D eigenvalue weighted by Gasteiger charge is 2.14. The van der Waals surface area contributed by atoms with Crippen LogP contribution in [0.15, 0.2) is 47.5 Å². The van der Waals surface area contributed by atoms with Gasteiger partial charge >= 0.3 is 5.97 Å². The van der Waals surface area contributed by atoms with Crippen LogP contribution in [0.5, 0.6) is 0 Å². The first-order valence-corrected chi connectivity index (χ1v) is 10.4. The largest absolute Gasteiger partial charge is 0.465 e. The fraction of sp³-hybridized carbons (Fsp3) is 0.227. The molecule has 0 aliphatic carbocycles. The maximum absolute atomic E-state index is 12.5. The summed E-state index contributed by atoms with van der Waals surface area (Å²) < 4.78 is 7.70. The van der Waals surface area contributed by atoms with Gasteiger partial charge in [0.15, 0.2) is 4.80 Å². The number of ether oxygens (including phenoxy) is 1. The number of hydrogen-bond donors (Lipinski definition) is 0. The van der Waals surface area contributed by atoms with Crippen molar-refractivity contribution in [2.75, 3.05) is 6.61 Å². The lowest BCUT2D eigenvalue weighted by atomic mass is 10.1. The second kappa shape index (κ2) is 9.48. The molecule has 0 spiro atoms. The normalized spacial score (nSPS) is 11.9. The van der Waals surface area contributed by atoms with Gasteiger partial charge in [0, 0.05) is 18.2 Å². The molecular formula is C22H21N3O5S. The fourth-order valence-corrected chi connectivity index (χ4v) is 4.38. The number of non-ortho nitro benzene ring substituents is 1. The van der Waals surface area contributed by atoms with Gasteiger partial charge in [-0.15, -0.1) is 0 Å². The van der Waals surface area contributed by atoms with E-state index in [9.17, 15) is 19.7 Å². The minimum Gasteiger partial charge on any atom is -0.465 e.